The smallest absolute Gasteiger partial charge is 0.306 e. The maximum atomic E-state index is 11.7. The summed E-state index contributed by atoms with van der Waals surface area (Å²) in [5, 5.41) is -1.95. The fourth-order valence-corrected chi connectivity index (χ4v) is 4.19. The summed E-state index contributed by atoms with van der Waals surface area (Å²) < 4.78 is 64.4. The van der Waals surface area contributed by atoms with Gasteiger partial charge in [0.25, 0.3) is 20.2 Å². The Morgan fingerprint density at radius 2 is 1.17 bits per heavy atom. The number of hydrogen-bond donors (Lipinski definition) is 0. The molecule has 4 atom stereocenters. The molecule has 24 heavy (non-hydrogen) atoms. The first-order valence-electron chi connectivity index (χ1n) is 7.18. The zero-order valence-corrected chi connectivity index (χ0v) is 14.7. The van der Waals surface area contributed by atoms with Crippen LogP contribution in [0.3, 0.4) is 0 Å². The first kappa shape index (κ1) is 19.1. The summed E-state index contributed by atoms with van der Waals surface area (Å²) in [5.74, 6) is -1.54. The number of hydrogen-bond acceptors (Lipinski definition) is 10. The Hall–Kier alpha value is -1.24. The molecule has 0 saturated carbocycles. The summed E-state index contributed by atoms with van der Waals surface area (Å²) in [6.07, 6.45) is -2.49. The van der Waals surface area contributed by atoms with Gasteiger partial charge in [0.2, 0.25) is 0 Å². The van der Waals surface area contributed by atoms with Crippen molar-refractivity contribution in [1.29, 1.82) is 0 Å². The highest BCUT2D eigenvalue weighted by Crippen LogP contribution is 2.22. The van der Waals surface area contributed by atoms with E-state index in [2.05, 4.69) is 8.37 Å². The summed E-state index contributed by atoms with van der Waals surface area (Å²) in [5.41, 5.74) is 0. The van der Waals surface area contributed by atoms with E-state index in [1.165, 1.54) is 13.8 Å². The van der Waals surface area contributed by atoms with Gasteiger partial charge < -0.3 is 9.47 Å². The van der Waals surface area contributed by atoms with Crippen LogP contribution in [-0.4, -0.2) is 64.7 Å². The molecule has 0 aromatic rings. The molecule has 0 spiro atoms. The Morgan fingerprint density at radius 1 is 0.833 bits per heavy atom. The largest absolute Gasteiger partial charge is 0.458 e. The SMILES string of the molecule is CC1C(OC(=O)CCC(=O)OC2COS(=O)(=O)C2C)COS1(=O)=O. The van der Waals surface area contributed by atoms with Gasteiger partial charge in [-0.05, 0) is 13.8 Å². The third-order valence-corrected chi connectivity index (χ3v) is 7.21. The molecule has 2 heterocycles. The van der Waals surface area contributed by atoms with Gasteiger partial charge in [-0.25, -0.2) is 0 Å². The molecule has 2 fully saturated rings. The fourth-order valence-electron chi connectivity index (χ4n) is 2.10. The molecule has 0 aromatic carbocycles. The van der Waals surface area contributed by atoms with Gasteiger partial charge >= 0.3 is 11.9 Å². The maximum absolute atomic E-state index is 11.7. The van der Waals surface area contributed by atoms with Crippen LogP contribution in [0.1, 0.15) is 26.7 Å². The monoisotopic (exact) mass is 386 g/mol. The highest BCUT2D eigenvalue weighted by molar-refractivity contribution is 7.87. The molecule has 2 saturated heterocycles. The lowest BCUT2D eigenvalue weighted by atomic mass is 10.2. The number of rotatable bonds is 5. The lowest BCUT2D eigenvalue weighted by molar-refractivity contribution is -0.156. The van der Waals surface area contributed by atoms with Crippen LogP contribution in [0.25, 0.3) is 0 Å². The topological polar surface area (TPSA) is 139 Å². The van der Waals surface area contributed by atoms with Crippen molar-refractivity contribution in [3.8, 4) is 0 Å². The van der Waals surface area contributed by atoms with Crippen molar-refractivity contribution in [3.05, 3.63) is 0 Å². The van der Waals surface area contributed by atoms with Crippen molar-refractivity contribution < 1.29 is 44.3 Å². The summed E-state index contributed by atoms with van der Waals surface area (Å²) in [6, 6.07) is 0. The minimum Gasteiger partial charge on any atom is -0.458 e. The molecule has 0 bridgehead atoms. The van der Waals surface area contributed by atoms with E-state index >= 15 is 0 Å². The van der Waals surface area contributed by atoms with E-state index in [-0.39, 0.29) is 26.1 Å². The average molecular weight is 386 g/mol. The average Bonchev–Trinajstić information content (AvgIpc) is 2.89. The van der Waals surface area contributed by atoms with E-state index in [4.69, 9.17) is 9.47 Å². The zero-order chi connectivity index (χ0) is 18.1. The molecular weight excluding hydrogens is 368 g/mol. The van der Waals surface area contributed by atoms with Crippen LogP contribution in [0, 0.1) is 0 Å². The Kier molecular flexibility index (Phi) is 5.52. The molecule has 12 heteroatoms. The number of ether oxygens (including phenoxy) is 2. The van der Waals surface area contributed by atoms with E-state index in [1.807, 2.05) is 0 Å². The van der Waals surface area contributed by atoms with Crippen molar-refractivity contribution >= 4 is 32.2 Å². The standard InChI is InChI=1S/C12H18O10S2/c1-7-9(5-19-23(7,15)16)21-11(13)3-4-12(14)22-10-6-20-24(17,18)8(10)2/h7-10H,3-6H2,1-2H3. The molecule has 138 valence electrons. The molecule has 0 radical (unpaired) electrons. The minimum atomic E-state index is -3.72. The van der Waals surface area contributed by atoms with Gasteiger partial charge in [0.15, 0.2) is 0 Å². The highest BCUT2D eigenvalue weighted by Gasteiger charge is 2.42. The van der Waals surface area contributed by atoms with E-state index in [0.29, 0.717) is 0 Å². The summed E-state index contributed by atoms with van der Waals surface area (Å²) in [7, 11) is -7.45. The van der Waals surface area contributed by atoms with Gasteiger partial charge in [-0.3, -0.25) is 18.0 Å². The molecule has 10 nitrogen and oxygen atoms in total. The third-order valence-electron chi connectivity index (χ3n) is 3.85. The van der Waals surface area contributed by atoms with Crippen molar-refractivity contribution in [3.63, 3.8) is 0 Å². The summed E-state index contributed by atoms with van der Waals surface area (Å²) >= 11 is 0. The van der Waals surface area contributed by atoms with Crippen LogP contribution in [0.5, 0.6) is 0 Å². The van der Waals surface area contributed by atoms with Crippen molar-refractivity contribution in [2.24, 2.45) is 0 Å². The third kappa shape index (κ3) is 4.23. The Labute approximate surface area is 139 Å². The first-order valence-corrected chi connectivity index (χ1v) is 10.1. The Balaban J connectivity index is 1.75. The minimum absolute atomic E-state index is 0.255. The van der Waals surface area contributed by atoms with Crippen LogP contribution in [0.2, 0.25) is 0 Å². The van der Waals surface area contributed by atoms with Crippen LogP contribution in [0.4, 0.5) is 0 Å². The molecule has 0 aromatic heterocycles. The second-order valence-corrected chi connectivity index (χ2v) is 9.45. The summed E-state index contributed by atoms with van der Waals surface area (Å²) in [4.78, 5) is 23.3. The zero-order valence-electron chi connectivity index (χ0n) is 13.0. The molecule has 2 rings (SSSR count). The Morgan fingerprint density at radius 3 is 1.42 bits per heavy atom. The molecule has 0 N–H and O–H groups in total. The van der Waals surface area contributed by atoms with Crippen LogP contribution >= 0.6 is 0 Å². The molecule has 0 amide bonds. The predicted molar refractivity (Wildman–Crippen MR) is 77.7 cm³/mol. The van der Waals surface area contributed by atoms with Crippen LogP contribution < -0.4 is 0 Å². The number of carbonyl (C=O) groups is 2. The van der Waals surface area contributed by atoms with E-state index < -0.39 is 54.9 Å². The summed E-state index contributed by atoms with van der Waals surface area (Å²) in [6.45, 7) is 2.20. The first-order chi connectivity index (χ1) is 11.0. The number of carbonyl (C=O) groups excluding carboxylic acids is 2. The lowest BCUT2D eigenvalue weighted by Gasteiger charge is -2.14. The van der Waals surface area contributed by atoms with Crippen LogP contribution in [-0.2, 0) is 47.7 Å². The van der Waals surface area contributed by atoms with Gasteiger partial charge in [0.05, 0.1) is 12.8 Å². The molecule has 4 unspecified atom stereocenters. The van der Waals surface area contributed by atoms with E-state index in [1.54, 1.807) is 0 Å². The van der Waals surface area contributed by atoms with Crippen molar-refractivity contribution in [1.82, 2.24) is 0 Å². The van der Waals surface area contributed by atoms with Crippen molar-refractivity contribution in [2.75, 3.05) is 13.2 Å². The van der Waals surface area contributed by atoms with Gasteiger partial charge in [-0.15, -0.1) is 0 Å². The quantitative estimate of drug-likeness (QED) is 0.431. The molecule has 0 aliphatic carbocycles. The lowest BCUT2D eigenvalue weighted by Crippen LogP contribution is -2.31. The van der Waals surface area contributed by atoms with Gasteiger partial charge in [-0.2, -0.15) is 16.8 Å². The molecular formula is C12H18O10S2. The highest BCUT2D eigenvalue weighted by atomic mass is 32.2. The maximum Gasteiger partial charge on any atom is 0.306 e. The Bertz CT molecular complexity index is 648. The van der Waals surface area contributed by atoms with Gasteiger partial charge in [0.1, 0.15) is 35.9 Å². The van der Waals surface area contributed by atoms with Crippen molar-refractivity contribution in [2.45, 2.75) is 49.4 Å². The second-order valence-electron chi connectivity index (χ2n) is 5.52. The van der Waals surface area contributed by atoms with E-state index in [0.717, 1.165) is 0 Å². The predicted octanol–water partition coefficient (Wildman–Crippen LogP) is -0.913. The number of esters is 2. The normalized spacial score (nSPS) is 33.9. The van der Waals surface area contributed by atoms with Gasteiger partial charge in [0, 0.05) is 0 Å². The second kappa shape index (κ2) is 6.94. The molecule has 2 aliphatic rings. The van der Waals surface area contributed by atoms with E-state index in [9.17, 15) is 26.4 Å². The van der Waals surface area contributed by atoms with Gasteiger partial charge in [-0.1, -0.05) is 0 Å². The van der Waals surface area contributed by atoms with Crippen LogP contribution in [0.15, 0.2) is 0 Å². The molecule has 2 aliphatic heterocycles. The fraction of sp³-hybridized carbons (Fsp3) is 0.833.